The molecule has 1 aromatic carbocycles. The summed E-state index contributed by atoms with van der Waals surface area (Å²) in [7, 11) is 0. The van der Waals surface area contributed by atoms with Gasteiger partial charge in [0.2, 0.25) is 0 Å². The number of nitrogens with one attached hydrogen (secondary N) is 2. The van der Waals surface area contributed by atoms with Crippen molar-refractivity contribution in [3.8, 4) is 0 Å². The molecule has 28 heavy (non-hydrogen) atoms. The molecule has 152 valence electrons. The molecule has 2 heterocycles. The molecule has 5 nitrogen and oxygen atoms in total. The molecular formula is C22H32N4OS. The van der Waals surface area contributed by atoms with Crippen LogP contribution in [-0.4, -0.2) is 43.8 Å². The predicted octanol–water partition coefficient (Wildman–Crippen LogP) is 3.61. The molecule has 0 aliphatic carbocycles. The van der Waals surface area contributed by atoms with E-state index in [-0.39, 0.29) is 5.41 Å². The third kappa shape index (κ3) is 5.32. The SMILES string of the molecule is CCNC(=NCC1(c2ccccc2C)CCOCC1)NCCc1csc(C)n1. The van der Waals surface area contributed by atoms with E-state index in [2.05, 4.69) is 59.1 Å². The predicted molar refractivity (Wildman–Crippen MR) is 117 cm³/mol. The largest absolute Gasteiger partial charge is 0.381 e. The van der Waals surface area contributed by atoms with Crippen LogP contribution in [0.5, 0.6) is 0 Å². The minimum atomic E-state index is 0.0535. The van der Waals surface area contributed by atoms with E-state index < -0.39 is 0 Å². The van der Waals surface area contributed by atoms with Gasteiger partial charge in [-0.1, -0.05) is 24.3 Å². The Morgan fingerprint density at radius 2 is 2.00 bits per heavy atom. The topological polar surface area (TPSA) is 58.5 Å². The van der Waals surface area contributed by atoms with Gasteiger partial charge >= 0.3 is 0 Å². The van der Waals surface area contributed by atoms with Gasteiger partial charge in [-0.15, -0.1) is 11.3 Å². The van der Waals surface area contributed by atoms with Crippen molar-refractivity contribution in [2.24, 2.45) is 4.99 Å². The van der Waals surface area contributed by atoms with Crippen molar-refractivity contribution in [3.05, 3.63) is 51.5 Å². The van der Waals surface area contributed by atoms with Gasteiger partial charge in [0, 0.05) is 43.5 Å². The smallest absolute Gasteiger partial charge is 0.191 e. The number of rotatable bonds is 7. The van der Waals surface area contributed by atoms with E-state index in [1.54, 1.807) is 11.3 Å². The molecule has 3 rings (SSSR count). The Labute approximate surface area is 172 Å². The first-order valence-corrected chi connectivity index (χ1v) is 11.1. The van der Waals surface area contributed by atoms with Crippen LogP contribution in [0, 0.1) is 13.8 Å². The summed E-state index contributed by atoms with van der Waals surface area (Å²) in [6.07, 6.45) is 2.93. The number of aromatic nitrogens is 1. The zero-order valence-corrected chi connectivity index (χ0v) is 18.1. The first-order chi connectivity index (χ1) is 13.6. The lowest BCUT2D eigenvalue weighted by atomic mass is 9.72. The maximum atomic E-state index is 5.67. The van der Waals surface area contributed by atoms with Crippen molar-refractivity contribution in [1.29, 1.82) is 0 Å². The molecule has 0 spiro atoms. The van der Waals surface area contributed by atoms with Crippen LogP contribution in [0.15, 0.2) is 34.6 Å². The first kappa shape index (κ1) is 20.8. The lowest BCUT2D eigenvalue weighted by molar-refractivity contribution is 0.0529. The fourth-order valence-corrected chi connectivity index (χ4v) is 4.49. The quantitative estimate of drug-likeness (QED) is 0.551. The van der Waals surface area contributed by atoms with E-state index in [1.165, 1.54) is 11.1 Å². The highest BCUT2D eigenvalue weighted by Gasteiger charge is 2.35. The average molecular weight is 401 g/mol. The van der Waals surface area contributed by atoms with E-state index in [9.17, 15) is 0 Å². The summed E-state index contributed by atoms with van der Waals surface area (Å²) in [6.45, 7) is 10.4. The molecule has 1 fully saturated rings. The van der Waals surface area contributed by atoms with Crippen LogP contribution in [-0.2, 0) is 16.6 Å². The van der Waals surface area contributed by atoms with Crippen LogP contribution >= 0.6 is 11.3 Å². The number of aryl methyl sites for hydroxylation is 2. The number of nitrogens with zero attached hydrogens (tertiary/aromatic N) is 2. The van der Waals surface area contributed by atoms with E-state index in [0.29, 0.717) is 0 Å². The zero-order valence-electron chi connectivity index (χ0n) is 17.3. The third-order valence-electron chi connectivity index (χ3n) is 5.39. The van der Waals surface area contributed by atoms with E-state index in [4.69, 9.17) is 9.73 Å². The van der Waals surface area contributed by atoms with E-state index >= 15 is 0 Å². The van der Waals surface area contributed by atoms with Crippen LogP contribution < -0.4 is 10.6 Å². The third-order valence-corrected chi connectivity index (χ3v) is 6.21. The number of aliphatic imine (C=N–C) groups is 1. The van der Waals surface area contributed by atoms with Gasteiger partial charge in [-0.2, -0.15) is 0 Å². The monoisotopic (exact) mass is 400 g/mol. The van der Waals surface area contributed by atoms with Crippen molar-refractivity contribution in [3.63, 3.8) is 0 Å². The minimum Gasteiger partial charge on any atom is -0.381 e. The highest BCUT2D eigenvalue weighted by atomic mass is 32.1. The molecule has 1 saturated heterocycles. The zero-order chi connectivity index (χ0) is 19.8. The van der Waals surface area contributed by atoms with Gasteiger partial charge in [0.1, 0.15) is 0 Å². The standard InChI is InChI=1S/C22H32N4OS/c1-4-23-21(24-12-9-19-15-28-18(3)26-19)25-16-22(10-13-27-14-11-22)20-8-6-5-7-17(20)2/h5-8,15H,4,9-14,16H2,1-3H3,(H2,23,24,25). The molecule has 6 heteroatoms. The minimum absolute atomic E-state index is 0.0535. The fourth-order valence-electron chi connectivity index (χ4n) is 3.85. The van der Waals surface area contributed by atoms with Crippen molar-refractivity contribution in [1.82, 2.24) is 15.6 Å². The maximum Gasteiger partial charge on any atom is 0.191 e. The van der Waals surface area contributed by atoms with Gasteiger partial charge in [0.15, 0.2) is 5.96 Å². The number of hydrogen-bond acceptors (Lipinski definition) is 4. The van der Waals surface area contributed by atoms with Gasteiger partial charge in [-0.3, -0.25) is 4.99 Å². The molecule has 1 aromatic heterocycles. The van der Waals surface area contributed by atoms with E-state index in [0.717, 1.165) is 68.8 Å². The van der Waals surface area contributed by atoms with Crippen molar-refractivity contribution in [2.75, 3.05) is 32.8 Å². The van der Waals surface area contributed by atoms with Crippen LogP contribution in [0.4, 0.5) is 0 Å². The van der Waals surface area contributed by atoms with Crippen LogP contribution in [0.1, 0.15) is 41.6 Å². The highest BCUT2D eigenvalue weighted by Crippen LogP contribution is 2.37. The molecule has 2 N–H and O–H groups in total. The number of guanidine groups is 1. The maximum absolute atomic E-state index is 5.67. The van der Waals surface area contributed by atoms with Crippen LogP contribution in [0.25, 0.3) is 0 Å². The molecule has 1 aliphatic heterocycles. The molecule has 0 atom stereocenters. The summed E-state index contributed by atoms with van der Waals surface area (Å²) in [5, 5.41) is 10.1. The van der Waals surface area contributed by atoms with Crippen molar-refractivity contribution in [2.45, 2.75) is 45.4 Å². The molecule has 0 radical (unpaired) electrons. The van der Waals surface area contributed by atoms with Gasteiger partial charge < -0.3 is 15.4 Å². The van der Waals surface area contributed by atoms with Gasteiger partial charge in [0.25, 0.3) is 0 Å². The first-order valence-electron chi connectivity index (χ1n) is 10.2. The molecule has 2 aromatic rings. The summed E-state index contributed by atoms with van der Waals surface area (Å²) < 4.78 is 5.67. The van der Waals surface area contributed by atoms with Crippen molar-refractivity contribution < 1.29 is 4.74 Å². The number of hydrogen-bond donors (Lipinski definition) is 2. The lowest BCUT2D eigenvalue weighted by Crippen LogP contribution is -2.42. The van der Waals surface area contributed by atoms with Gasteiger partial charge in [-0.05, 0) is 44.7 Å². The van der Waals surface area contributed by atoms with Crippen LogP contribution in [0.2, 0.25) is 0 Å². The molecule has 1 aliphatic rings. The second-order valence-corrected chi connectivity index (χ2v) is 8.50. The summed E-state index contributed by atoms with van der Waals surface area (Å²) >= 11 is 1.70. The molecule has 0 amide bonds. The Bertz CT molecular complexity index is 780. The highest BCUT2D eigenvalue weighted by molar-refractivity contribution is 7.09. The Morgan fingerprint density at radius 3 is 2.68 bits per heavy atom. The Hall–Kier alpha value is -1.92. The average Bonchev–Trinajstić information content (AvgIpc) is 3.12. The second kappa shape index (κ2) is 10.0. The van der Waals surface area contributed by atoms with E-state index in [1.807, 2.05) is 6.92 Å². The Morgan fingerprint density at radius 1 is 1.21 bits per heavy atom. The Kier molecular flexibility index (Phi) is 7.45. The Balaban J connectivity index is 1.70. The summed E-state index contributed by atoms with van der Waals surface area (Å²) in [5.41, 5.74) is 3.96. The summed E-state index contributed by atoms with van der Waals surface area (Å²) in [6, 6.07) is 8.72. The number of ether oxygens (including phenoxy) is 1. The normalized spacial score (nSPS) is 16.8. The van der Waals surface area contributed by atoms with Gasteiger partial charge in [-0.25, -0.2) is 4.98 Å². The number of thiazole rings is 1. The fraction of sp³-hybridized carbons (Fsp3) is 0.545. The lowest BCUT2D eigenvalue weighted by Gasteiger charge is -2.37. The molecular weight excluding hydrogens is 368 g/mol. The summed E-state index contributed by atoms with van der Waals surface area (Å²) in [5.74, 6) is 0.883. The molecule has 0 bridgehead atoms. The number of benzene rings is 1. The van der Waals surface area contributed by atoms with Gasteiger partial charge in [0.05, 0.1) is 17.2 Å². The summed E-state index contributed by atoms with van der Waals surface area (Å²) in [4.78, 5) is 9.52. The van der Waals surface area contributed by atoms with Crippen molar-refractivity contribution >= 4 is 17.3 Å². The molecule has 0 saturated carbocycles. The molecule has 0 unspecified atom stereocenters. The second-order valence-electron chi connectivity index (χ2n) is 7.44. The van der Waals surface area contributed by atoms with Crippen LogP contribution in [0.3, 0.4) is 0 Å².